The number of furan rings is 1. The summed E-state index contributed by atoms with van der Waals surface area (Å²) in [6, 6.07) is 0.976. The van der Waals surface area contributed by atoms with Crippen LogP contribution in [0, 0.1) is 0 Å². The number of hydrogen-bond acceptors (Lipinski definition) is 5. The Labute approximate surface area is 117 Å². The van der Waals surface area contributed by atoms with Gasteiger partial charge < -0.3 is 9.52 Å². The molecule has 0 saturated carbocycles. The number of hydrogen-bond donors (Lipinski definition) is 2. The number of sulfonamides is 1. The summed E-state index contributed by atoms with van der Waals surface area (Å²) in [6.45, 7) is 0.295. The standard InChI is InChI=1S/C9H12BrNO5S2/c1-17-4-2-3-11-18(14,15)7-5-6(9(12)13)16-8(7)10/h5,11H,2-4H2,1H3,(H,12,13). The molecule has 0 bridgehead atoms. The number of rotatable bonds is 7. The molecule has 0 aliphatic carbocycles. The molecule has 6 nitrogen and oxygen atoms in total. The van der Waals surface area contributed by atoms with Gasteiger partial charge in [0.25, 0.3) is 0 Å². The Morgan fingerprint density at radius 3 is 2.78 bits per heavy atom. The zero-order valence-electron chi connectivity index (χ0n) is 9.47. The number of carbonyl (C=O) groups is 1. The Balaban J connectivity index is 2.81. The highest BCUT2D eigenvalue weighted by Crippen LogP contribution is 2.25. The van der Waals surface area contributed by atoms with Crippen LogP contribution in [-0.2, 0) is 10.0 Å². The predicted molar refractivity (Wildman–Crippen MR) is 71.6 cm³/mol. The molecule has 0 aliphatic heterocycles. The van der Waals surface area contributed by atoms with Gasteiger partial charge in [-0.2, -0.15) is 11.8 Å². The maximum absolute atomic E-state index is 11.9. The molecule has 0 radical (unpaired) electrons. The molecule has 1 heterocycles. The van der Waals surface area contributed by atoms with E-state index in [-0.39, 0.29) is 9.56 Å². The highest BCUT2D eigenvalue weighted by atomic mass is 79.9. The number of halogens is 1. The summed E-state index contributed by atoms with van der Waals surface area (Å²) in [5.41, 5.74) is 0. The Morgan fingerprint density at radius 2 is 2.28 bits per heavy atom. The van der Waals surface area contributed by atoms with Crippen LogP contribution in [0.2, 0.25) is 0 Å². The van der Waals surface area contributed by atoms with Crippen molar-refractivity contribution in [1.82, 2.24) is 4.72 Å². The van der Waals surface area contributed by atoms with Gasteiger partial charge in [-0.3, -0.25) is 0 Å². The lowest BCUT2D eigenvalue weighted by Crippen LogP contribution is -2.25. The molecule has 1 rings (SSSR count). The molecular formula is C9H12BrNO5S2. The minimum absolute atomic E-state index is 0.114. The molecule has 1 aromatic rings. The molecule has 18 heavy (non-hydrogen) atoms. The fourth-order valence-electron chi connectivity index (χ4n) is 1.14. The van der Waals surface area contributed by atoms with E-state index in [1.54, 1.807) is 11.8 Å². The molecule has 0 unspecified atom stereocenters. The summed E-state index contributed by atoms with van der Waals surface area (Å²) in [5, 5.41) is 8.70. The Morgan fingerprint density at radius 1 is 1.61 bits per heavy atom. The molecule has 1 aromatic heterocycles. The highest BCUT2D eigenvalue weighted by Gasteiger charge is 2.24. The van der Waals surface area contributed by atoms with Crippen molar-refractivity contribution in [3.8, 4) is 0 Å². The van der Waals surface area contributed by atoms with Crippen molar-refractivity contribution in [1.29, 1.82) is 0 Å². The molecule has 0 aliphatic rings. The van der Waals surface area contributed by atoms with Gasteiger partial charge in [0.05, 0.1) is 0 Å². The predicted octanol–water partition coefficient (Wildman–Crippen LogP) is 1.77. The van der Waals surface area contributed by atoms with E-state index in [0.29, 0.717) is 13.0 Å². The monoisotopic (exact) mass is 357 g/mol. The SMILES string of the molecule is CSCCCNS(=O)(=O)c1cc(C(=O)O)oc1Br. The van der Waals surface area contributed by atoms with E-state index in [9.17, 15) is 13.2 Å². The topological polar surface area (TPSA) is 96.6 Å². The summed E-state index contributed by atoms with van der Waals surface area (Å²) in [7, 11) is -3.75. The fraction of sp³-hybridized carbons (Fsp3) is 0.444. The van der Waals surface area contributed by atoms with Gasteiger partial charge in [-0.25, -0.2) is 17.9 Å². The maximum atomic E-state index is 11.9. The minimum Gasteiger partial charge on any atom is -0.475 e. The van der Waals surface area contributed by atoms with Crippen LogP contribution in [0.5, 0.6) is 0 Å². The number of nitrogens with one attached hydrogen (secondary N) is 1. The lowest BCUT2D eigenvalue weighted by Gasteiger charge is -2.03. The minimum atomic E-state index is -3.75. The Hall–Kier alpha value is -0.510. The normalized spacial score (nSPS) is 11.7. The second-order valence-corrected chi connectivity index (χ2v) is 6.74. The van der Waals surface area contributed by atoms with Gasteiger partial charge in [0, 0.05) is 12.6 Å². The molecule has 9 heteroatoms. The summed E-state index contributed by atoms with van der Waals surface area (Å²) < 4.78 is 30.8. The van der Waals surface area contributed by atoms with E-state index in [4.69, 9.17) is 9.52 Å². The van der Waals surface area contributed by atoms with Crippen molar-refractivity contribution >= 4 is 43.7 Å². The van der Waals surface area contributed by atoms with E-state index >= 15 is 0 Å². The first-order valence-electron chi connectivity index (χ1n) is 4.89. The zero-order valence-corrected chi connectivity index (χ0v) is 12.7. The van der Waals surface area contributed by atoms with E-state index in [1.165, 1.54) is 0 Å². The first-order chi connectivity index (χ1) is 8.38. The van der Waals surface area contributed by atoms with Crippen LogP contribution < -0.4 is 4.72 Å². The van der Waals surface area contributed by atoms with Gasteiger partial charge in [-0.1, -0.05) is 0 Å². The van der Waals surface area contributed by atoms with Gasteiger partial charge in [-0.15, -0.1) is 0 Å². The van der Waals surface area contributed by atoms with Crippen molar-refractivity contribution in [2.24, 2.45) is 0 Å². The number of carboxylic acids is 1. The van der Waals surface area contributed by atoms with Gasteiger partial charge in [0.1, 0.15) is 4.90 Å². The summed E-state index contributed by atoms with van der Waals surface area (Å²) in [6.07, 6.45) is 2.63. The largest absolute Gasteiger partial charge is 0.475 e. The molecule has 102 valence electrons. The molecule has 0 spiro atoms. The number of aromatic carboxylic acids is 1. The second kappa shape index (κ2) is 6.60. The first kappa shape index (κ1) is 15.5. The van der Waals surface area contributed by atoms with Crippen LogP contribution in [-0.4, -0.2) is 38.0 Å². The zero-order chi connectivity index (χ0) is 13.8. The van der Waals surface area contributed by atoms with Crippen molar-refractivity contribution < 1.29 is 22.7 Å². The van der Waals surface area contributed by atoms with Crippen LogP contribution >= 0.6 is 27.7 Å². The molecule has 0 atom stereocenters. The maximum Gasteiger partial charge on any atom is 0.371 e. The number of carboxylic acid groups (broad SMARTS) is 1. The molecule has 0 aromatic carbocycles. The molecule has 0 amide bonds. The summed E-state index contributed by atoms with van der Waals surface area (Å²) in [4.78, 5) is 10.5. The second-order valence-electron chi connectivity index (χ2n) is 3.30. The van der Waals surface area contributed by atoms with Crippen molar-refractivity contribution in [3.63, 3.8) is 0 Å². The van der Waals surface area contributed by atoms with E-state index in [1.807, 2.05) is 6.26 Å². The van der Waals surface area contributed by atoms with Crippen LogP contribution in [0.4, 0.5) is 0 Å². The van der Waals surface area contributed by atoms with Gasteiger partial charge >= 0.3 is 5.97 Å². The van der Waals surface area contributed by atoms with Gasteiger partial charge in [0.15, 0.2) is 4.67 Å². The fourth-order valence-corrected chi connectivity index (χ4v) is 3.59. The third-order valence-electron chi connectivity index (χ3n) is 1.97. The van der Waals surface area contributed by atoms with Crippen LogP contribution in [0.3, 0.4) is 0 Å². The Kier molecular flexibility index (Phi) is 5.70. The van der Waals surface area contributed by atoms with Crippen molar-refractivity contribution in [2.75, 3.05) is 18.6 Å². The lowest BCUT2D eigenvalue weighted by atomic mass is 10.5. The lowest BCUT2D eigenvalue weighted by molar-refractivity contribution is 0.0661. The van der Waals surface area contributed by atoms with Crippen molar-refractivity contribution in [2.45, 2.75) is 11.3 Å². The third-order valence-corrected chi connectivity index (χ3v) is 4.99. The van der Waals surface area contributed by atoms with E-state index in [0.717, 1.165) is 11.8 Å². The third kappa shape index (κ3) is 4.01. The Bertz CT molecular complexity index is 525. The average Bonchev–Trinajstić information content (AvgIpc) is 2.68. The quantitative estimate of drug-likeness (QED) is 0.721. The summed E-state index contributed by atoms with van der Waals surface area (Å²) >= 11 is 4.51. The molecule has 0 saturated heterocycles. The first-order valence-corrected chi connectivity index (χ1v) is 8.56. The molecular weight excluding hydrogens is 346 g/mol. The van der Waals surface area contributed by atoms with Crippen molar-refractivity contribution in [3.05, 3.63) is 16.5 Å². The van der Waals surface area contributed by atoms with Crippen LogP contribution in [0.25, 0.3) is 0 Å². The highest BCUT2D eigenvalue weighted by molar-refractivity contribution is 9.10. The van der Waals surface area contributed by atoms with Crippen LogP contribution in [0.1, 0.15) is 17.0 Å². The average molecular weight is 358 g/mol. The van der Waals surface area contributed by atoms with E-state index in [2.05, 4.69) is 20.7 Å². The summed E-state index contributed by atoms with van der Waals surface area (Å²) in [5.74, 6) is -0.902. The van der Waals surface area contributed by atoms with Gasteiger partial charge in [-0.05, 0) is 34.4 Å². The molecule has 2 N–H and O–H groups in total. The van der Waals surface area contributed by atoms with Gasteiger partial charge in [0.2, 0.25) is 15.8 Å². The number of thioether (sulfide) groups is 1. The smallest absolute Gasteiger partial charge is 0.371 e. The molecule has 0 fully saturated rings. The van der Waals surface area contributed by atoms with Crippen LogP contribution in [0.15, 0.2) is 20.0 Å². The van der Waals surface area contributed by atoms with E-state index < -0.39 is 21.8 Å².